The van der Waals surface area contributed by atoms with Gasteiger partial charge in [0.1, 0.15) is 5.82 Å². The lowest BCUT2D eigenvalue weighted by atomic mass is 9.93. The Balaban J connectivity index is 1.54. The Morgan fingerprint density at radius 3 is 2.96 bits per heavy atom. The largest absolute Gasteiger partial charge is 0.372 e. The Bertz CT molecular complexity index is 713. The van der Waals surface area contributed by atoms with E-state index >= 15 is 0 Å². The van der Waals surface area contributed by atoms with Crippen molar-refractivity contribution >= 4 is 11.7 Å². The minimum atomic E-state index is 0.214. The molecule has 25 heavy (non-hydrogen) atoms. The molecule has 0 bridgehead atoms. The van der Waals surface area contributed by atoms with Gasteiger partial charge in [-0.3, -0.25) is 14.5 Å². The van der Waals surface area contributed by atoms with E-state index in [0.29, 0.717) is 18.9 Å². The molecule has 0 radical (unpaired) electrons. The standard InChI is InChI=1S/C18H26N6O/c1-14-5-10-24(22-14)11-6-17(25)23-9-3-4-15(13-23)12-16-18(19-2)21-8-7-20-16/h5,7-8,10,15H,3-4,6,9,11-13H2,1-2H3,(H,19,21)/t15-/m1/s1. The number of aryl methyl sites for hydroxylation is 2. The first-order chi connectivity index (χ1) is 12.2. The highest BCUT2D eigenvalue weighted by Crippen LogP contribution is 2.23. The Morgan fingerprint density at radius 2 is 2.20 bits per heavy atom. The van der Waals surface area contributed by atoms with E-state index in [1.54, 1.807) is 12.4 Å². The van der Waals surface area contributed by atoms with Gasteiger partial charge < -0.3 is 10.2 Å². The Hall–Kier alpha value is -2.44. The normalized spacial score (nSPS) is 17.5. The van der Waals surface area contributed by atoms with Crippen LogP contribution in [0.3, 0.4) is 0 Å². The van der Waals surface area contributed by atoms with Gasteiger partial charge in [0, 0.05) is 51.7 Å². The van der Waals surface area contributed by atoms with Crippen LogP contribution in [-0.2, 0) is 17.8 Å². The minimum Gasteiger partial charge on any atom is -0.372 e. The molecule has 0 unspecified atom stereocenters. The van der Waals surface area contributed by atoms with Crippen molar-refractivity contribution in [3.8, 4) is 0 Å². The van der Waals surface area contributed by atoms with Crippen LogP contribution < -0.4 is 5.32 Å². The number of aromatic nitrogens is 4. The number of carbonyl (C=O) groups excluding carboxylic acids is 1. The molecule has 1 aliphatic heterocycles. The highest BCUT2D eigenvalue weighted by atomic mass is 16.2. The van der Waals surface area contributed by atoms with Crippen molar-refractivity contribution in [2.45, 2.75) is 39.2 Å². The molecule has 0 aromatic carbocycles. The Kier molecular flexibility index (Phi) is 5.63. The van der Waals surface area contributed by atoms with Gasteiger partial charge in [0.15, 0.2) is 0 Å². The van der Waals surface area contributed by atoms with Crippen LogP contribution in [0.2, 0.25) is 0 Å². The average molecular weight is 342 g/mol. The van der Waals surface area contributed by atoms with Crippen LogP contribution in [0, 0.1) is 12.8 Å². The molecular formula is C18H26N6O. The molecule has 1 fully saturated rings. The summed E-state index contributed by atoms with van der Waals surface area (Å²) in [5.41, 5.74) is 1.96. The summed E-state index contributed by atoms with van der Waals surface area (Å²) in [7, 11) is 1.86. The van der Waals surface area contributed by atoms with Crippen LogP contribution in [0.4, 0.5) is 5.82 Å². The summed E-state index contributed by atoms with van der Waals surface area (Å²) < 4.78 is 1.84. The van der Waals surface area contributed by atoms with Gasteiger partial charge in [0.2, 0.25) is 5.91 Å². The molecule has 7 heteroatoms. The van der Waals surface area contributed by atoms with Gasteiger partial charge >= 0.3 is 0 Å². The molecule has 1 amide bonds. The van der Waals surface area contributed by atoms with Gasteiger partial charge in [0.05, 0.1) is 11.4 Å². The summed E-state index contributed by atoms with van der Waals surface area (Å²) in [5, 5.41) is 7.44. The molecule has 1 saturated heterocycles. The third kappa shape index (κ3) is 4.55. The molecule has 2 aromatic heterocycles. The quantitative estimate of drug-likeness (QED) is 0.868. The van der Waals surface area contributed by atoms with Crippen LogP contribution in [0.5, 0.6) is 0 Å². The maximum atomic E-state index is 12.5. The molecule has 1 atom stereocenters. The van der Waals surface area contributed by atoms with Crippen molar-refractivity contribution in [3.63, 3.8) is 0 Å². The second kappa shape index (κ2) is 8.09. The second-order valence-corrected chi connectivity index (χ2v) is 6.62. The van der Waals surface area contributed by atoms with E-state index in [0.717, 1.165) is 49.6 Å². The first-order valence-electron chi connectivity index (χ1n) is 8.91. The van der Waals surface area contributed by atoms with Crippen LogP contribution in [0.1, 0.15) is 30.7 Å². The number of piperidine rings is 1. The van der Waals surface area contributed by atoms with Crippen molar-refractivity contribution < 1.29 is 4.79 Å². The zero-order chi connectivity index (χ0) is 17.6. The van der Waals surface area contributed by atoms with Crippen LogP contribution in [-0.4, -0.2) is 50.7 Å². The molecule has 0 aliphatic carbocycles. The summed E-state index contributed by atoms with van der Waals surface area (Å²) >= 11 is 0. The monoisotopic (exact) mass is 342 g/mol. The summed E-state index contributed by atoms with van der Waals surface area (Å²) in [4.78, 5) is 23.3. The average Bonchev–Trinajstić information content (AvgIpc) is 3.06. The molecule has 3 heterocycles. The lowest BCUT2D eigenvalue weighted by Gasteiger charge is -2.33. The van der Waals surface area contributed by atoms with Gasteiger partial charge in [-0.1, -0.05) is 0 Å². The first-order valence-corrected chi connectivity index (χ1v) is 8.91. The number of amides is 1. The molecule has 0 spiro atoms. The Labute approximate surface area is 148 Å². The number of likely N-dealkylation sites (tertiary alicyclic amines) is 1. The van der Waals surface area contributed by atoms with Gasteiger partial charge in [0.25, 0.3) is 0 Å². The summed E-state index contributed by atoms with van der Waals surface area (Å²) in [6.45, 7) is 4.25. The highest BCUT2D eigenvalue weighted by Gasteiger charge is 2.24. The van der Waals surface area contributed by atoms with Gasteiger partial charge in [-0.2, -0.15) is 5.10 Å². The SMILES string of the molecule is CNc1nccnc1C[C@H]1CCCN(C(=O)CCn2ccc(C)n2)C1. The lowest BCUT2D eigenvalue weighted by molar-refractivity contribution is -0.133. The smallest absolute Gasteiger partial charge is 0.224 e. The summed E-state index contributed by atoms with van der Waals surface area (Å²) in [6.07, 6.45) is 8.88. The van der Waals surface area contributed by atoms with E-state index in [-0.39, 0.29) is 5.91 Å². The zero-order valence-electron chi connectivity index (χ0n) is 15.0. The van der Waals surface area contributed by atoms with E-state index in [2.05, 4.69) is 20.4 Å². The van der Waals surface area contributed by atoms with E-state index in [1.807, 2.05) is 35.8 Å². The molecule has 7 nitrogen and oxygen atoms in total. The molecule has 0 saturated carbocycles. The van der Waals surface area contributed by atoms with Crippen LogP contribution >= 0.6 is 0 Å². The second-order valence-electron chi connectivity index (χ2n) is 6.62. The van der Waals surface area contributed by atoms with E-state index in [9.17, 15) is 4.79 Å². The molecular weight excluding hydrogens is 316 g/mol. The Morgan fingerprint density at radius 1 is 1.36 bits per heavy atom. The number of hydrogen-bond donors (Lipinski definition) is 1. The predicted octanol–water partition coefficient (Wildman–Crippen LogP) is 1.89. The van der Waals surface area contributed by atoms with E-state index < -0.39 is 0 Å². The fourth-order valence-corrected chi connectivity index (χ4v) is 3.41. The van der Waals surface area contributed by atoms with Crippen molar-refractivity contribution in [3.05, 3.63) is 36.0 Å². The topological polar surface area (TPSA) is 75.9 Å². The maximum Gasteiger partial charge on any atom is 0.224 e. The summed E-state index contributed by atoms with van der Waals surface area (Å²) in [5.74, 6) is 1.49. The highest BCUT2D eigenvalue weighted by molar-refractivity contribution is 5.76. The number of rotatable bonds is 6. The molecule has 1 aliphatic rings. The molecule has 1 N–H and O–H groups in total. The third-order valence-electron chi connectivity index (χ3n) is 4.69. The number of nitrogens with zero attached hydrogens (tertiary/aromatic N) is 5. The van der Waals surface area contributed by atoms with Crippen molar-refractivity contribution in [2.24, 2.45) is 5.92 Å². The third-order valence-corrected chi connectivity index (χ3v) is 4.69. The van der Waals surface area contributed by atoms with Crippen molar-refractivity contribution in [1.82, 2.24) is 24.6 Å². The first kappa shape index (κ1) is 17.4. The number of carbonyl (C=O) groups is 1. The van der Waals surface area contributed by atoms with Gasteiger partial charge in [-0.15, -0.1) is 0 Å². The number of nitrogens with one attached hydrogen (secondary N) is 1. The van der Waals surface area contributed by atoms with Crippen LogP contribution in [0.15, 0.2) is 24.7 Å². The van der Waals surface area contributed by atoms with Gasteiger partial charge in [-0.25, -0.2) is 4.98 Å². The van der Waals surface area contributed by atoms with Gasteiger partial charge in [-0.05, 0) is 38.2 Å². The molecule has 134 valence electrons. The predicted molar refractivity (Wildman–Crippen MR) is 96.2 cm³/mol. The maximum absolute atomic E-state index is 12.5. The van der Waals surface area contributed by atoms with Crippen molar-refractivity contribution in [1.29, 1.82) is 0 Å². The van der Waals surface area contributed by atoms with Crippen LogP contribution in [0.25, 0.3) is 0 Å². The summed E-state index contributed by atoms with van der Waals surface area (Å²) in [6, 6.07) is 1.96. The fraction of sp³-hybridized carbons (Fsp3) is 0.556. The van der Waals surface area contributed by atoms with E-state index in [1.165, 1.54) is 0 Å². The fourth-order valence-electron chi connectivity index (χ4n) is 3.41. The number of hydrogen-bond acceptors (Lipinski definition) is 5. The van der Waals surface area contributed by atoms with Crippen molar-refractivity contribution in [2.75, 3.05) is 25.5 Å². The van der Waals surface area contributed by atoms with E-state index in [4.69, 9.17) is 0 Å². The zero-order valence-corrected chi connectivity index (χ0v) is 15.0. The lowest BCUT2D eigenvalue weighted by Crippen LogP contribution is -2.41. The minimum absolute atomic E-state index is 0.214. The number of anilines is 1. The molecule has 3 rings (SSSR count). The molecule has 2 aromatic rings.